The Labute approximate surface area is 106 Å². The summed E-state index contributed by atoms with van der Waals surface area (Å²) < 4.78 is 2.11. The maximum atomic E-state index is 4.38. The quantitative estimate of drug-likeness (QED) is 0.799. The summed E-state index contributed by atoms with van der Waals surface area (Å²) in [5, 5.41) is 4.46. The largest absolute Gasteiger partial charge is 0.332 e. The molecule has 0 unspecified atom stereocenters. The number of imidazole rings is 1. The first-order valence-electron chi connectivity index (χ1n) is 5.90. The second-order valence-corrected chi connectivity index (χ2v) is 5.38. The van der Waals surface area contributed by atoms with Crippen molar-refractivity contribution >= 4 is 11.3 Å². The standard InChI is InChI=1S/C12H18N4S/c1-3-4-13-5-11-7-16(9-15-11)8-12-6-14-10(2)17-12/h6-7,9,13H,3-5,8H2,1-2H3. The summed E-state index contributed by atoms with van der Waals surface area (Å²) in [6.45, 7) is 6.95. The predicted molar refractivity (Wildman–Crippen MR) is 70.2 cm³/mol. The number of thiazole rings is 1. The summed E-state index contributed by atoms with van der Waals surface area (Å²) in [6, 6.07) is 0. The zero-order chi connectivity index (χ0) is 12.1. The van der Waals surface area contributed by atoms with Crippen molar-refractivity contribution < 1.29 is 0 Å². The Morgan fingerprint density at radius 2 is 2.29 bits per heavy atom. The molecule has 2 aromatic rings. The first-order chi connectivity index (χ1) is 8.28. The molecule has 1 N–H and O–H groups in total. The Morgan fingerprint density at radius 3 is 3.00 bits per heavy atom. The minimum absolute atomic E-state index is 0.850. The van der Waals surface area contributed by atoms with E-state index in [1.54, 1.807) is 11.3 Å². The molecule has 0 saturated carbocycles. The molecule has 0 spiro atoms. The van der Waals surface area contributed by atoms with Crippen LogP contribution in [0.25, 0.3) is 0 Å². The van der Waals surface area contributed by atoms with Crippen LogP contribution in [-0.4, -0.2) is 21.1 Å². The lowest BCUT2D eigenvalue weighted by atomic mass is 10.4. The molecule has 0 aliphatic heterocycles. The second-order valence-electron chi connectivity index (χ2n) is 4.06. The van der Waals surface area contributed by atoms with Crippen molar-refractivity contribution in [1.29, 1.82) is 0 Å². The number of hydrogen-bond donors (Lipinski definition) is 1. The molecule has 5 heteroatoms. The van der Waals surface area contributed by atoms with Crippen molar-refractivity contribution in [2.75, 3.05) is 6.54 Å². The molecule has 92 valence electrons. The van der Waals surface area contributed by atoms with Crippen LogP contribution in [0.5, 0.6) is 0 Å². The lowest BCUT2D eigenvalue weighted by molar-refractivity contribution is 0.665. The molecule has 2 aromatic heterocycles. The molecule has 17 heavy (non-hydrogen) atoms. The first-order valence-corrected chi connectivity index (χ1v) is 6.72. The van der Waals surface area contributed by atoms with E-state index in [4.69, 9.17) is 0 Å². The van der Waals surface area contributed by atoms with E-state index in [-0.39, 0.29) is 0 Å². The van der Waals surface area contributed by atoms with E-state index in [0.717, 1.165) is 36.8 Å². The number of aromatic nitrogens is 3. The molecule has 2 heterocycles. The highest BCUT2D eigenvalue weighted by molar-refractivity contribution is 7.11. The Bertz CT molecular complexity index is 461. The van der Waals surface area contributed by atoms with Crippen molar-refractivity contribution in [2.45, 2.75) is 33.4 Å². The maximum absolute atomic E-state index is 4.38. The third kappa shape index (κ3) is 3.64. The van der Waals surface area contributed by atoms with E-state index in [2.05, 4.69) is 33.0 Å². The lowest BCUT2D eigenvalue weighted by Gasteiger charge is -1.99. The van der Waals surface area contributed by atoms with Crippen LogP contribution in [0.2, 0.25) is 0 Å². The average molecular weight is 250 g/mol. The molecule has 4 nitrogen and oxygen atoms in total. The van der Waals surface area contributed by atoms with Gasteiger partial charge in [-0.3, -0.25) is 0 Å². The van der Waals surface area contributed by atoms with Crippen LogP contribution in [-0.2, 0) is 13.1 Å². The molecule has 0 atom stereocenters. The van der Waals surface area contributed by atoms with Crippen LogP contribution in [0.4, 0.5) is 0 Å². The molecule has 0 bridgehead atoms. The van der Waals surface area contributed by atoms with Crippen molar-refractivity contribution in [3.8, 4) is 0 Å². The van der Waals surface area contributed by atoms with E-state index in [0.29, 0.717) is 0 Å². The second kappa shape index (κ2) is 5.93. The van der Waals surface area contributed by atoms with E-state index in [9.17, 15) is 0 Å². The van der Waals surface area contributed by atoms with E-state index in [1.165, 1.54) is 4.88 Å². The van der Waals surface area contributed by atoms with Gasteiger partial charge in [0, 0.05) is 23.8 Å². The fourth-order valence-electron chi connectivity index (χ4n) is 1.64. The summed E-state index contributed by atoms with van der Waals surface area (Å²) in [4.78, 5) is 9.90. The third-order valence-corrected chi connectivity index (χ3v) is 3.32. The molecule has 0 saturated heterocycles. The third-order valence-electron chi connectivity index (χ3n) is 2.43. The molecule has 0 aliphatic rings. The van der Waals surface area contributed by atoms with E-state index >= 15 is 0 Å². The van der Waals surface area contributed by atoms with Gasteiger partial charge in [-0.25, -0.2) is 9.97 Å². The smallest absolute Gasteiger partial charge is 0.0953 e. The maximum Gasteiger partial charge on any atom is 0.0953 e. The topological polar surface area (TPSA) is 42.7 Å². The summed E-state index contributed by atoms with van der Waals surface area (Å²) in [7, 11) is 0. The SMILES string of the molecule is CCCNCc1cn(Cc2cnc(C)s2)cn1. The van der Waals surface area contributed by atoms with Crippen LogP contribution < -0.4 is 5.32 Å². The molecule has 0 amide bonds. The van der Waals surface area contributed by atoms with Crippen LogP contribution >= 0.6 is 11.3 Å². The highest BCUT2D eigenvalue weighted by Crippen LogP contribution is 2.13. The highest BCUT2D eigenvalue weighted by Gasteiger charge is 2.01. The van der Waals surface area contributed by atoms with Gasteiger partial charge in [0.1, 0.15) is 0 Å². The minimum Gasteiger partial charge on any atom is -0.332 e. The molecular formula is C12H18N4S. The average Bonchev–Trinajstić information content (AvgIpc) is 2.90. The van der Waals surface area contributed by atoms with Crippen LogP contribution in [0, 0.1) is 6.92 Å². The van der Waals surface area contributed by atoms with Crippen molar-refractivity contribution in [3.05, 3.63) is 34.3 Å². The van der Waals surface area contributed by atoms with Gasteiger partial charge in [0.05, 0.1) is 23.6 Å². The fourth-order valence-corrected chi connectivity index (χ4v) is 2.44. The number of rotatable bonds is 6. The normalized spacial score (nSPS) is 10.9. The van der Waals surface area contributed by atoms with Crippen molar-refractivity contribution in [1.82, 2.24) is 19.9 Å². The molecule has 0 aromatic carbocycles. The first kappa shape index (κ1) is 12.3. The summed E-state index contributed by atoms with van der Waals surface area (Å²) in [6.07, 6.45) is 7.07. The van der Waals surface area contributed by atoms with Gasteiger partial charge in [-0.05, 0) is 19.9 Å². The summed E-state index contributed by atoms with van der Waals surface area (Å²) in [5.74, 6) is 0. The summed E-state index contributed by atoms with van der Waals surface area (Å²) in [5.41, 5.74) is 1.10. The van der Waals surface area contributed by atoms with Gasteiger partial charge < -0.3 is 9.88 Å². The molecule has 0 fully saturated rings. The number of nitrogens with one attached hydrogen (secondary N) is 1. The monoisotopic (exact) mass is 250 g/mol. The Balaban J connectivity index is 1.89. The predicted octanol–water partition coefficient (Wildman–Crippen LogP) is 2.20. The Hall–Kier alpha value is -1.20. The van der Waals surface area contributed by atoms with Crippen LogP contribution in [0.3, 0.4) is 0 Å². The van der Waals surface area contributed by atoms with Crippen LogP contribution in [0.1, 0.15) is 28.9 Å². The van der Waals surface area contributed by atoms with Gasteiger partial charge in [-0.1, -0.05) is 6.92 Å². The Morgan fingerprint density at radius 1 is 1.41 bits per heavy atom. The number of nitrogens with zero attached hydrogens (tertiary/aromatic N) is 3. The molecule has 2 rings (SSSR count). The van der Waals surface area contributed by atoms with Gasteiger partial charge in [0.25, 0.3) is 0 Å². The van der Waals surface area contributed by atoms with Gasteiger partial charge in [-0.2, -0.15) is 0 Å². The van der Waals surface area contributed by atoms with Gasteiger partial charge in [0.15, 0.2) is 0 Å². The zero-order valence-corrected chi connectivity index (χ0v) is 11.1. The fraction of sp³-hybridized carbons (Fsp3) is 0.500. The van der Waals surface area contributed by atoms with E-state index in [1.807, 2.05) is 19.4 Å². The minimum atomic E-state index is 0.850. The molecular weight excluding hydrogens is 232 g/mol. The van der Waals surface area contributed by atoms with Gasteiger partial charge >= 0.3 is 0 Å². The number of aryl methyl sites for hydroxylation is 1. The van der Waals surface area contributed by atoms with Gasteiger partial charge in [0.2, 0.25) is 0 Å². The van der Waals surface area contributed by atoms with Crippen molar-refractivity contribution in [3.63, 3.8) is 0 Å². The van der Waals surface area contributed by atoms with Crippen LogP contribution in [0.15, 0.2) is 18.7 Å². The number of hydrogen-bond acceptors (Lipinski definition) is 4. The summed E-state index contributed by atoms with van der Waals surface area (Å²) >= 11 is 1.74. The Kier molecular flexibility index (Phi) is 4.28. The lowest BCUT2D eigenvalue weighted by Crippen LogP contribution is -2.13. The van der Waals surface area contributed by atoms with E-state index < -0.39 is 0 Å². The van der Waals surface area contributed by atoms with Crippen molar-refractivity contribution in [2.24, 2.45) is 0 Å². The molecule has 0 radical (unpaired) electrons. The molecule has 0 aliphatic carbocycles. The highest BCUT2D eigenvalue weighted by atomic mass is 32.1. The zero-order valence-electron chi connectivity index (χ0n) is 10.3. The van der Waals surface area contributed by atoms with Gasteiger partial charge in [-0.15, -0.1) is 11.3 Å².